The predicted molar refractivity (Wildman–Crippen MR) is 73.9 cm³/mol. The highest BCUT2D eigenvalue weighted by molar-refractivity contribution is 7.98. The summed E-state index contributed by atoms with van der Waals surface area (Å²) in [4.78, 5) is 0.613. The SMILES string of the molecule is CSc1cc(B2OC(C)(C)C(C)(C)O2)ccc1F. The molecule has 2 rings (SSSR count). The van der Waals surface area contributed by atoms with Crippen molar-refractivity contribution in [2.75, 3.05) is 6.26 Å². The second-order valence-corrected chi connectivity index (χ2v) is 6.33. The molecule has 1 fully saturated rings. The molecule has 0 bridgehead atoms. The fraction of sp³-hybridized carbons (Fsp3) is 0.538. The van der Waals surface area contributed by atoms with Crippen molar-refractivity contribution in [1.82, 2.24) is 0 Å². The number of benzene rings is 1. The number of thioether (sulfide) groups is 1. The molecule has 1 heterocycles. The Bertz CT molecular complexity index is 446. The Hall–Kier alpha value is -0.515. The van der Waals surface area contributed by atoms with Crippen molar-refractivity contribution in [2.24, 2.45) is 0 Å². The van der Waals surface area contributed by atoms with E-state index in [9.17, 15) is 4.39 Å². The quantitative estimate of drug-likeness (QED) is 0.607. The molecule has 1 aliphatic heterocycles. The van der Waals surface area contributed by atoms with E-state index in [4.69, 9.17) is 9.31 Å². The minimum absolute atomic E-state index is 0.206. The van der Waals surface area contributed by atoms with E-state index in [1.54, 1.807) is 12.1 Å². The van der Waals surface area contributed by atoms with Gasteiger partial charge in [0.1, 0.15) is 5.82 Å². The molecule has 2 nitrogen and oxygen atoms in total. The van der Waals surface area contributed by atoms with Gasteiger partial charge in [0.25, 0.3) is 0 Å². The molecule has 18 heavy (non-hydrogen) atoms. The van der Waals surface area contributed by atoms with E-state index < -0.39 is 7.12 Å². The Morgan fingerprint density at radius 2 is 1.67 bits per heavy atom. The third kappa shape index (κ3) is 2.31. The van der Waals surface area contributed by atoms with E-state index in [0.717, 1.165) is 5.46 Å². The van der Waals surface area contributed by atoms with Gasteiger partial charge < -0.3 is 9.31 Å². The number of rotatable bonds is 2. The van der Waals surface area contributed by atoms with Gasteiger partial charge in [0.2, 0.25) is 0 Å². The molecule has 1 aromatic carbocycles. The normalized spacial score (nSPS) is 21.3. The Morgan fingerprint density at radius 3 is 2.17 bits per heavy atom. The average Bonchev–Trinajstić information content (AvgIpc) is 2.49. The van der Waals surface area contributed by atoms with E-state index in [1.165, 1.54) is 17.8 Å². The van der Waals surface area contributed by atoms with E-state index in [1.807, 2.05) is 34.0 Å². The summed E-state index contributed by atoms with van der Waals surface area (Å²) in [6.07, 6.45) is 1.85. The molecule has 1 aliphatic rings. The first-order chi connectivity index (χ1) is 8.27. The summed E-state index contributed by atoms with van der Waals surface area (Å²) in [7, 11) is -0.429. The van der Waals surface area contributed by atoms with E-state index in [-0.39, 0.29) is 17.0 Å². The van der Waals surface area contributed by atoms with Crippen LogP contribution in [0.2, 0.25) is 0 Å². The zero-order valence-corrected chi connectivity index (χ0v) is 12.2. The van der Waals surface area contributed by atoms with Crippen LogP contribution in [0, 0.1) is 5.82 Å². The van der Waals surface area contributed by atoms with Crippen LogP contribution in [0.1, 0.15) is 27.7 Å². The van der Waals surface area contributed by atoms with Gasteiger partial charge in [0.05, 0.1) is 11.2 Å². The molecule has 0 saturated carbocycles. The van der Waals surface area contributed by atoms with Gasteiger partial charge in [0.15, 0.2) is 0 Å². The zero-order valence-electron chi connectivity index (χ0n) is 11.4. The monoisotopic (exact) mass is 268 g/mol. The lowest BCUT2D eigenvalue weighted by Crippen LogP contribution is -2.41. The topological polar surface area (TPSA) is 18.5 Å². The van der Waals surface area contributed by atoms with Crippen LogP contribution in [0.4, 0.5) is 4.39 Å². The van der Waals surface area contributed by atoms with Crippen molar-refractivity contribution in [3.8, 4) is 0 Å². The van der Waals surface area contributed by atoms with Gasteiger partial charge in [-0.15, -0.1) is 11.8 Å². The van der Waals surface area contributed by atoms with Crippen LogP contribution in [-0.2, 0) is 9.31 Å². The van der Waals surface area contributed by atoms with Gasteiger partial charge >= 0.3 is 7.12 Å². The maximum atomic E-state index is 13.5. The van der Waals surface area contributed by atoms with Crippen LogP contribution in [-0.4, -0.2) is 24.6 Å². The standard InChI is InChI=1S/C13H18BFO2S/c1-12(2)13(3,4)17-14(16-12)9-6-7-10(15)11(8-9)18-5/h6-8H,1-5H3. The van der Waals surface area contributed by atoms with Crippen LogP contribution in [0.3, 0.4) is 0 Å². The maximum Gasteiger partial charge on any atom is 0.494 e. The van der Waals surface area contributed by atoms with Crippen molar-refractivity contribution in [2.45, 2.75) is 43.8 Å². The molecule has 0 N–H and O–H groups in total. The Kier molecular flexibility index (Phi) is 3.51. The Balaban J connectivity index is 2.30. The molecule has 1 aromatic rings. The molecule has 0 unspecified atom stereocenters. The summed E-state index contributed by atoms with van der Waals surface area (Å²) < 4.78 is 25.3. The van der Waals surface area contributed by atoms with Gasteiger partial charge in [-0.2, -0.15) is 0 Å². The fourth-order valence-electron chi connectivity index (χ4n) is 1.80. The fourth-order valence-corrected chi connectivity index (χ4v) is 2.32. The molecule has 0 aliphatic carbocycles. The summed E-state index contributed by atoms with van der Waals surface area (Å²) in [5.41, 5.74) is 0.122. The lowest BCUT2D eigenvalue weighted by Gasteiger charge is -2.32. The van der Waals surface area contributed by atoms with Gasteiger partial charge in [-0.25, -0.2) is 4.39 Å². The molecule has 0 atom stereocenters. The second kappa shape index (κ2) is 4.55. The smallest absolute Gasteiger partial charge is 0.399 e. The highest BCUT2D eigenvalue weighted by Crippen LogP contribution is 2.36. The van der Waals surface area contributed by atoms with Gasteiger partial charge in [-0.05, 0) is 51.5 Å². The highest BCUT2D eigenvalue weighted by atomic mass is 32.2. The largest absolute Gasteiger partial charge is 0.494 e. The van der Waals surface area contributed by atoms with Gasteiger partial charge in [-0.1, -0.05) is 6.07 Å². The summed E-state index contributed by atoms with van der Waals surface area (Å²) in [6.45, 7) is 8.02. The third-order valence-electron chi connectivity index (χ3n) is 3.70. The molecule has 0 aromatic heterocycles. The van der Waals surface area contributed by atoms with Crippen LogP contribution in [0.15, 0.2) is 23.1 Å². The Labute approximate surface area is 112 Å². The summed E-state index contributed by atoms with van der Waals surface area (Å²) in [5.74, 6) is -0.206. The zero-order chi connectivity index (χ0) is 13.6. The minimum Gasteiger partial charge on any atom is -0.399 e. The molecule has 0 radical (unpaired) electrons. The molecule has 5 heteroatoms. The van der Waals surface area contributed by atoms with Crippen molar-refractivity contribution in [3.63, 3.8) is 0 Å². The van der Waals surface area contributed by atoms with Crippen molar-refractivity contribution < 1.29 is 13.7 Å². The molecular weight excluding hydrogens is 250 g/mol. The van der Waals surface area contributed by atoms with E-state index >= 15 is 0 Å². The molecule has 98 valence electrons. The van der Waals surface area contributed by atoms with E-state index in [0.29, 0.717) is 4.90 Å². The molecule has 0 spiro atoms. The number of halogens is 1. The van der Waals surface area contributed by atoms with Crippen LogP contribution >= 0.6 is 11.8 Å². The first-order valence-corrected chi connectivity index (χ1v) is 7.18. The first kappa shape index (κ1) is 13.9. The first-order valence-electron chi connectivity index (χ1n) is 5.96. The van der Waals surface area contributed by atoms with Crippen LogP contribution in [0.5, 0.6) is 0 Å². The lowest BCUT2D eigenvalue weighted by molar-refractivity contribution is 0.00578. The molecular formula is C13H18BFO2S. The van der Waals surface area contributed by atoms with Crippen molar-refractivity contribution in [3.05, 3.63) is 24.0 Å². The van der Waals surface area contributed by atoms with Crippen LogP contribution in [0.25, 0.3) is 0 Å². The summed E-state index contributed by atoms with van der Waals surface area (Å²) in [5, 5.41) is 0. The minimum atomic E-state index is -0.429. The number of hydrogen-bond acceptors (Lipinski definition) is 3. The van der Waals surface area contributed by atoms with Crippen LogP contribution < -0.4 is 5.46 Å². The van der Waals surface area contributed by atoms with Crippen molar-refractivity contribution in [1.29, 1.82) is 0 Å². The number of hydrogen-bond donors (Lipinski definition) is 0. The van der Waals surface area contributed by atoms with E-state index in [2.05, 4.69) is 0 Å². The van der Waals surface area contributed by atoms with Gasteiger partial charge in [0, 0.05) is 4.90 Å². The predicted octanol–water partition coefficient (Wildman–Crippen LogP) is 2.85. The Morgan fingerprint density at radius 1 is 1.11 bits per heavy atom. The summed E-state index contributed by atoms with van der Waals surface area (Å²) >= 11 is 1.38. The summed E-state index contributed by atoms with van der Waals surface area (Å²) in [6, 6.07) is 4.98. The highest BCUT2D eigenvalue weighted by Gasteiger charge is 2.51. The van der Waals surface area contributed by atoms with Gasteiger partial charge in [-0.3, -0.25) is 0 Å². The third-order valence-corrected chi connectivity index (χ3v) is 4.45. The second-order valence-electron chi connectivity index (χ2n) is 5.48. The average molecular weight is 268 g/mol. The molecule has 0 amide bonds. The lowest BCUT2D eigenvalue weighted by atomic mass is 9.79. The molecule has 1 saturated heterocycles. The van der Waals surface area contributed by atoms with Crippen molar-refractivity contribution >= 4 is 24.3 Å². The maximum absolute atomic E-state index is 13.5.